The zero-order chi connectivity index (χ0) is 14.6. The molecule has 7 heteroatoms. The average Bonchev–Trinajstić information content (AvgIpc) is 3.09. The number of hydrogen-bond donors (Lipinski definition) is 2. The summed E-state index contributed by atoms with van der Waals surface area (Å²) in [5.74, 6) is -0.462. The third-order valence-electron chi connectivity index (χ3n) is 4.48. The number of aromatic amines is 1. The zero-order valence-corrected chi connectivity index (χ0v) is 11.3. The lowest BCUT2D eigenvalue weighted by atomic mass is 10.1. The topological polar surface area (TPSA) is 89.8 Å². The van der Waals surface area contributed by atoms with E-state index >= 15 is 0 Å². The van der Waals surface area contributed by atoms with Crippen LogP contribution >= 0.6 is 0 Å². The monoisotopic (exact) mass is 289 g/mol. The highest BCUT2D eigenvalue weighted by Crippen LogP contribution is 2.45. The Labute approximate surface area is 119 Å². The Hall–Kier alpha value is -2.44. The lowest BCUT2D eigenvalue weighted by Gasteiger charge is -2.41. The van der Waals surface area contributed by atoms with Crippen LogP contribution in [0.3, 0.4) is 0 Å². The van der Waals surface area contributed by atoms with Gasteiger partial charge in [-0.2, -0.15) is 0 Å². The number of carboxylic acid groups (broad SMARTS) is 1. The van der Waals surface area contributed by atoms with Gasteiger partial charge in [0.05, 0.1) is 11.1 Å². The van der Waals surface area contributed by atoms with Crippen LogP contribution in [-0.2, 0) is 0 Å². The number of benzene rings is 1. The first kappa shape index (κ1) is 12.3. The highest BCUT2D eigenvalue weighted by atomic mass is 16.4. The molecule has 0 radical (unpaired) electrons. The Balaban J connectivity index is 1.64. The number of nitrogens with one attached hydrogen (secondary N) is 1. The minimum Gasteiger partial charge on any atom is -0.465 e. The highest BCUT2D eigenvalue weighted by Gasteiger charge is 2.53. The Morgan fingerprint density at radius 1 is 1.33 bits per heavy atom. The van der Waals surface area contributed by atoms with Gasteiger partial charge >= 0.3 is 11.8 Å². The third kappa shape index (κ3) is 1.88. The maximum Gasteiger partial charge on any atom is 0.417 e. The minimum atomic E-state index is -0.834. The summed E-state index contributed by atoms with van der Waals surface area (Å²) in [5.41, 5.74) is 1.94. The molecule has 1 aliphatic heterocycles. The fraction of sp³-hybridized carbons (Fsp3) is 0.429. The largest absolute Gasteiger partial charge is 0.465 e. The van der Waals surface area contributed by atoms with Gasteiger partial charge in [0.1, 0.15) is 0 Å². The standard InChI is InChI=1S/C14H15N3O4/c18-12-15-10-2-1-9(7-11(10)21-12)16-5-6-17(13(19)20)14(8-16)3-4-14/h1-2,7H,3-6,8H2,(H,15,18)(H,19,20). The van der Waals surface area contributed by atoms with Gasteiger partial charge in [0, 0.05) is 31.4 Å². The minimum absolute atomic E-state index is 0.224. The van der Waals surface area contributed by atoms with Crippen molar-refractivity contribution in [3.63, 3.8) is 0 Å². The van der Waals surface area contributed by atoms with Crippen molar-refractivity contribution < 1.29 is 14.3 Å². The van der Waals surface area contributed by atoms with Gasteiger partial charge < -0.3 is 14.4 Å². The smallest absolute Gasteiger partial charge is 0.417 e. The average molecular weight is 289 g/mol. The van der Waals surface area contributed by atoms with E-state index in [0.29, 0.717) is 30.7 Å². The normalized spacial score (nSPS) is 20.2. The van der Waals surface area contributed by atoms with Crippen molar-refractivity contribution in [2.24, 2.45) is 0 Å². The molecular formula is C14H15N3O4. The number of hydrogen-bond acceptors (Lipinski definition) is 4. The molecule has 1 aromatic carbocycles. The molecule has 1 aliphatic carbocycles. The maximum absolute atomic E-state index is 11.3. The van der Waals surface area contributed by atoms with Crippen molar-refractivity contribution in [3.05, 3.63) is 28.7 Å². The molecule has 0 unspecified atom stereocenters. The van der Waals surface area contributed by atoms with Crippen LogP contribution in [0.15, 0.2) is 27.4 Å². The maximum atomic E-state index is 11.3. The van der Waals surface area contributed by atoms with Crippen molar-refractivity contribution in [1.29, 1.82) is 0 Å². The summed E-state index contributed by atoms with van der Waals surface area (Å²) < 4.78 is 5.08. The van der Waals surface area contributed by atoms with Gasteiger partial charge in [-0.15, -0.1) is 0 Å². The SMILES string of the molecule is O=C(O)N1CCN(c2ccc3[nH]c(=O)oc3c2)CC12CC2. The number of aromatic nitrogens is 1. The number of oxazole rings is 1. The Morgan fingerprint density at radius 3 is 2.86 bits per heavy atom. The van der Waals surface area contributed by atoms with Crippen molar-refractivity contribution in [2.45, 2.75) is 18.4 Å². The Morgan fingerprint density at radius 2 is 2.14 bits per heavy atom. The number of H-pyrrole nitrogens is 1. The second-order valence-electron chi connectivity index (χ2n) is 5.78. The van der Waals surface area contributed by atoms with Crippen molar-refractivity contribution in [2.75, 3.05) is 24.5 Å². The molecule has 1 aromatic heterocycles. The van der Waals surface area contributed by atoms with E-state index in [1.165, 1.54) is 0 Å². The molecule has 1 amide bonds. The molecule has 0 atom stereocenters. The van der Waals surface area contributed by atoms with Crippen LogP contribution in [0.2, 0.25) is 0 Å². The quantitative estimate of drug-likeness (QED) is 0.829. The molecule has 2 aliphatic rings. The van der Waals surface area contributed by atoms with Gasteiger partial charge in [-0.25, -0.2) is 9.59 Å². The summed E-state index contributed by atoms with van der Waals surface area (Å²) in [6.07, 6.45) is 0.994. The van der Waals surface area contributed by atoms with E-state index in [2.05, 4.69) is 9.88 Å². The zero-order valence-electron chi connectivity index (χ0n) is 11.3. The van der Waals surface area contributed by atoms with Gasteiger partial charge in [0.2, 0.25) is 0 Å². The number of anilines is 1. The molecule has 110 valence electrons. The number of fused-ring (bicyclic) bond motifs is 1. The Bertz CT molecular complexity index is 774. The molecule has 7 nitrogen and oxygen atoms in total. The highest BCUT2D eigenvalue weighted by molar-refractivity contribution is 5.77. The van der Waals surface area contributed by atoms with Crippen LogP contribution in [-0.4, -0.2) is 46.3 Å². The van der Waals surface area contributed by atoms with E-state index in [-0.39, 0.29) is 5.54 Å². The number of amides is 1. The van der Waals surface area contributed by atoms with Gasteiger partial charge in [-0.3, -0.25) is 9.88 Å². The van der Waals surface area contributed by atoms with E-state index in [0.717, 1.165) is 18.5 Å². The predicted octanol–water partition coefficient (Wildman–Crippen LogP) is 1.45. The first-order valence-electron chi connectivity index (χ1n) is 6.96. The van der Waals surface area contributed by atoms with Gasteiger partial charge in [-0.05, 0) is 25.0 Å². The lowest BCUT2D eigenvalue weighted by molar-refractivity contribution is 0.110. The molecule has 2 heterocycles. The van der Waals surface area contributed by atoms with Crippen molar-refractivity contribution in [1.82, 2.24) is 9.88 Å². The summed E-state index contributed by atoms with van der Waals surface area (Å²) in [6, 6.07) is 5.58. The molecule has 0 bridgehead atoms. The second kappa shape index (κ2) is 4.03. The Kier molecular flexibility index (Phi) is 2.36. The molecule has 4 rings (SSSR count). The van der Waals surface area contributed by atoms with Crippen LogP contribution < -0.4 is 10.7 Å². The fourth-order valence-electron chi connectivity index (χ4n) is 3.20. The van der Waals surface area contributed by atoms with E-state index in [1.807, 2.05) is 18.2 Å². The number of piperazine rings is 1. The first-order chi connectivity index (χ1) is 10.1. The fourth-order valence-corrected chi connectivity index (χ4v) is 3.20. The van der Waals surface area contributed by atoms with Crippen LogP contribution in [0.25, 0.3) is 11.1 Å². The molecule has 1 saturated carbocycles. The van der Waals surface area contributed by atoms with Crippen molar-refractivity contribution >= 4 is 22.9 Å². The molecule has 1 saturated heterocycles. The van der Waals surface area contributed by atoms with Crippen LogP contribution in [0.5, 0.6) is 0 Å². The molecule has 1 spiro atoms. The summed E-state index contributed by atoms with van der Waals surface area (Å²) in [4.78, 5) is 28.8. The van der Waals surface area contributed by atoms with Crippen LogP contribution in [0, 0.1) is 0 Å². The van der Waals surface area contributed by atoms with Crippen LogP contribution in [0.1, 0.15) is 12.8 Å². The van der Waals surface area contributed by atoms with E-state index in [9.17, 15) is 14.7 Å². The van der Waals surface area contributed by atoms with Crippen LogP contribution in [0.4, 0.5) is 10.5 Å². The molecule has 2 aromatic rings. The van der Waals surface area contributed by atoms with E-state index in [1.54, 1.807) is 4.90 Å². The first-order valence-corrected chi connectivity index (χ1v) is 6.96. The predicted molar refractivity (Wildman–Crippen MR) is 75.7 cm³/mol. The van der Waals surface area contributed by atoms with Gasteiger partial charge in [0.15, 0.2) is 5.58 Å². The van der Waals surface area contributed by atoms with Crippen molar-refractivity contribution in [3.8, 4) is 0 Å². The summed E-state index contributed by atoms with van der Waals surface area (Å²) in [5, 5.41) is 9.27. The van der Waals surface area contributed by atoms with E-state index in [4.69, 9.17) is 4.42 Å². The molecule has 21 heavy (non-hydrogen) atoms. The number of carbonyl (C=O) groups is 1. The number of rotatable bonds is 1. The third-order valence-corrected chi connectivity index (χ3v) is 4.48. The lowest BCUT2D eigenvalue weighted by Crippen LogP contribution is -2.56. The summed E-state index contributed by atoms with van der Waals surface area (Å²) in [7, 11) is 0. The van der Waals surface area contributed by atoms with Gasteiger partial charge in [-0.1, -0.05) is 0 Å². The molecule has 2 fully saturated rings. The second-order valence-corrected chi connectivity index (χ2v) is 5.78. The summed E-state index contributed by atoms with van der Waals surface area (Å²) in [6.45, 7) is 1.85. The molecular weight excluding hydrogens is 274 g/mol. The number of nitrogens with zero attached hydrogens (tertiary/aromatic N) is 2. The molecule has 2 N–H and O–H groups in total. The summed E-state index contributed by atoms with van der Waals surface area (Å²) >= 11 is 0. The van der Waals surface area contributed by atoms with E-state index < -0.39 is 11.8 Å². The van der Waals surface area contributed by atoms with Gasteiger partial charge in [0.25, 0.3) is 0 Å².